The van der Waals surface area contributed by atoms with E-state index in [1.165, 1.54) is 12.1 Å². The summed E-state index contributed by atoms with van der Waals surface area (Å²) in [6.07, 6.45) is 0.986. The van der Waals surface area contributed by atoms with E-state index in [0.29, 0.717) is 12.8 Å². The largest absolute Gasteiger partial charge is 0.457 e. The van der Waals surface area contributed by atoms with Crippen molar-refractivity contribution < 1.29 is 13.9 Å². The van der Waals surface area contributed by atoms with E-state index in [1.807, 2.05) is 0 Å². The third-order valence-corrected chi connectivity index (χ3v) is 2.13. The van der Waals surface area contributed by atoms with Gasteiger partial charge in [-0.3, -0.25) is 4.79 Å². The van der Waals surface area contributed by atoms with Gasteiger partial charge in [0.1, 0.15) is 11.9 Å². The maximum Gasteiger partial charge on any atom is 0.306 e. The first-order valence-corrected chi connectivity index (χ1v) is 4.20. The second-order valence-corrected chi connectivity index (χ2v) is 3.07. The Kier molecular flexibility index (Phi) is 2.00. The van der Waals surface area contributed by atoms with E-state index in [0.717, 1.165) is 5.56 Å². The fourth-order valence-electron chi connectivity index (χ4n) is 1.44. The monoisotopic (exact) mass is 180 g/mol. The number of benzene rings is 1. The zero-order valence-corrected chi connectivity index (χ0v) is 7.00. The molecule has 1 aromatic rings. The van der Waals surface area contributed by atoms with Gasteiger partial charge in [-0.1, -0.05) is 12.1 Å². The van der Waals surface area contributed by atoms with Gasteiger partial charge in [-0.05, 0) is 24.1 Å². The number of ether oxygens (including phenoxy) is 1. The summed E-state index contributed by atoms with van der Waals surface area (Å²) in [6.45, 7) is 0. The minimum Gasteiger partial charge on any atom is -0.457 e. The Morgan fingerprint density at radius 1 is 1.31 bits per heavy atom. The third kappa shape index (κ3) is 1.69. The summed E-state index contributed by atoms with van der Waals surface area (Å²) in [6, 6.07) is 6.06. The normalized spacial score (nSPS) is 21.6. The molecule has 3 heteroatoms. The van der Waals surface area contributed by atoms with Crippen molar-refractivity contribution in [1.82, 2.24) is 0 Å². The molecule has 0 unspecified atom stereocenters. The first kappa shape index (κ1) is 8.23. The fraction of sp³-hybridized carbons (Fsp3) is 0.300. The van der Waals surface area contributed by atoms with Crippen molar-refractivity contribution in [3.05, 3.63) is 35.6 Å². The molecular formula is C10H9FO2. The lowest BCUT2D eigenvalue weighted by atomic mass is 10.1. The van der Waals surface area contributed by atoms with Crippen LogP contribution in [0.3, 0.4) is 0 Å². The lowest BCUT2D eigenvalue weighted by molar-refractivity contribution is -0.141. The van der Waals surface area contributed by atoms with E-state index < -0.39 is 0 Å². The molecule has 2 nitrogen and oxygen atoms in total. The Balaban J connectivity index is 2.17. The first-order chi connectivity index (χ1) is 6.25. The quantitative estimate of drug-likeness (QED) is 0.619. The van der Waals surface area contributed by atoms with Gasteiger partial charge >= 0.3 is 5.97 Å². The number of esters is 1. The van der Waals surface area contributed by atoms with E-state index in [4.69, 9.17) is 4.74 Å². The molecule has 0 spiro atoms. The number of hydrogen-bond acceptors (Lipinski definition) is 2. The van der Waals surface area contributed by atoms with E-state index in [-0.39, 0.29) is 17.9 Å². The van der Waals surface area contributed by atoms with Gasteiger partial charge in [0.05, 0.1) is 0 Å². The molecule has 1 aromatic carbocycles. The van der Waals surface area contributed by atoms with E-state index in [1.54, 1.807) is 12.1 Å². The number of halogens is 1. The van der Waals surface area contributed by atoms with Gasteiger partial charge in [-0.15, -0.1) is 0 Å². The predicted molar refractivity (Wildman–Crippen MR) is 44.5 cm³/mol. The van der Waals surface area contributed by atoms with Gasteiger partial charge in [-0.25, -0.2) is 4.39 Å². The lowest BCUT2D eigenvalue weighted by Crippen LogP contribution is -1.98. The minimum atomic E-state index is -0.270. The highest BCUT2D eigenvalue weighted by Gasteiger charge is 2.24. The van der Waals surface area contributed by atoms with Crippen LogP contribution in [-0.2, 0) is 9.53 Å². The molecule has 1 aliphatic heterocycles. The lowest BCUT2D eigenvalue weighted by Gasteiger charge is -2.08. The Bertz CT molecular complexity index is 318. The van der Waals surface area contributed by atoms with Crippen LogP contribution in [0.25, 0.3) is 0 Å². The average molecular weight is 180 g/mol. The molecule has 1 saturated heterocycles. The van der Waals surface area contributed by atoms with Crippen molar-refractivity contribution in [2.45, 2.75) is 18.9 Å². The van der Waals surface area contributed by atoms with Crippen molar-refractivity contribution in [3.8, 4) is 0 Å². The maximum atomic E-state index is 12.5. The zero-order chi connectivity index (χ0) is 9.26. The molecule has 2 rings (SSSR count). The van der Waals surface area contributed by atoms with Gasteiger partial charge in [0, 0.05) is 6.42 Å². The summed E-state index contributed by atoms with van der Waals surface area (Å²) in [4.78, 5) is 10.8. The van der Waals surface area contributed by atoms with Crippen LogP contribution in [0, 0.1) is 5.82 Å². The second kappa shape index (κ2) is 3.17. The molecule has 1 atom stereocenters. The number of carbonyl (C=O) groups excluding carboxylic acids is 1. The van der Waals surface area contributed by atoms with Crippen LogP contribution >= 0.6 is 0 Å². The standard InChI is InChI=1S/C10H9FO2/c11-8-3-1-7(2-4-8)9-5-6-10(12)13-9/h1-4,9H,5-6H2/t9-/m0/s1. The molecule has 0 amide bonds. The van der Waals surface area contributed by atoms with Crippen LogP contribution in [0.1, 0.15) is 24.5 Å². The Labute approximate surface area is 75.3 Å². The molecule has 0 radical (unpaired) electrons. The SMILES string of the molecule is O=C1CC[C@@H](c2ccc(F)cc2)O1. The van der Waals surface area contributed by atoms with E-state index in [2.05, 4.69) is 0 Å². The van der Waals surface area contributed by atoms with Crippen molar-refractivity contribution in [2.75, 3.05) is 0 Å². The smallest absolute Gasteiger partial charge is 0.306 e. The van der Waals surface area contributed by atoms with Crippen LogP contribution in [-0.4, -0.2) is 5.97 Å². The maximum absolute atomic E-state index is 12.5. The Morgan fingerprint density at radius 3 is 2.54 bits per heavy atom. The number of rotatable bonds is 1. The van der Waals surface area contributed by atoms with Crippen LogP contribution in [0.15, 0.2) is 24.3 Å². The summed E-state index contributed by atoms with van der Waals surface area (Å²) in [5.74, 6) is -0.442. The zero-order valence-electron chi connectivity index (χ0n) is 7.00. The molecule has 68 valence electrons. The van der Waals surface area contributed by atoms with Gasteiger partial charge < -0.3 is 4.74 Å². The Hall–Kier alpha value is -1.38. The number of cyclic esters (lactones) is 1. The highest BCUT2D eigenvalue weighted by Crippen LogP contribution is 2.29. The van der Waals surface area contributed by atoms with Crippen molar-refractivity contribution in [1.29, 1.82) is 0 Å². The van der Waals surface area contributed by atoms with E-state index in [9.17, 15) is 9.18 Å². The minimum absolute atomic E-state index is 0.172. The molecule has 1 fully saturated rings. The van der Waals surface area contributed by atoms with Gasteiger partial charge in [-0.2, -0.15) is 0 Å². The molecule has 0 saturated carbocycles. The number of carbonyl (C=O) groups is 1. The van der Waals surface area contributed by atoms with Crippen molar-refractivity contribution in [3.63, 3.8) is 0 Å². The van der Waals surface area contributed by atoms with Gasteiger partial charge in [0.15, 0.2) is 0 Å². The summed E-state index contributed by atoms with van der Waals surface area (Å²) >= 11 is 0. The van der Waals surface area contributed by atoms with Gasteiger partial charge in [0.2, 0.25) is 0 Å². The highest BCUT2D eigenvalue weighted by molar-refractivity contribution is 5.71. The topological polar surface area (TPSA) is 26.3 Å². The summed E-state index contributed by atoms with van der Waals surface area (Å²) in [5.41, 5.74) is 0.868. The van der Waals surface area contributed by atoms with Crippen LogP contribution in [0.2, 0.25) is 0 Å². The third-order valence-electron chi connectivity index (χ3n) is 2.13. The number of hydrogen-bond donors (Lipinski definition) is 0. The van der Waals surface area contributed by atoms with Crippen molar-refractivity contribution in [2.24, 2.45) is 0 Å². The van der Waals surface area contributed by atoms with E-state index >= 15 is 0 Å². The molecule has 0 N–H and O–H groups in total. The molecular weight excluding hydrogens is 171 g/mol. The highest BCUT2D eigenvalue weighted by atomic mass is 19.1. The average Bonchev–Trinajstić information content (AvgIpc) is 2.53. The molecule has 1 aliphatic rings. The van der Waals surface area contributed by atoms with Crippen LogP contribution in [0.5, 0.6) is 0 Å². The molecule has 0 aliphatic carbocycles. The van der Waals surface area contributed by atoms with Crippen LogP contribution in [0.4, 0.5) is 4.39 Å². The molecule has 1 heterocycles. The fourth-order valence-corrected chi connectivity index (χ4v) is 1.44. The second-order valence-electron chi connectivity index (χ2n) is 3.07. The summed E-state index contributed by atoms with van der Waals surface area (Å²) < 4.78 is 17.6. The van der Waals surface area contributed by atoms with Crippen molar-refractivity contribution >= 4 is 5.97 Å². The Morgan fingerprint density at radius 2 is 2.00 bits per heavy atom. The molecule has 13 heavy (non-hydrogen) atoms. The summed E-state index contributed by atoms with van der Waals surface area (Å²) in [7, 11) is 0. The van der Waals surface area contributed by atoms with Gasteiger partial charge in [0.25, 0.3) is 0 Å². The predicted octanol–water partition coefficient (Wildman–Crippen LogP) is 2.20. The molecule has 0 bridgehead atoms. The summed E-state index contributed by atoms with van der Waals surface area (Å²) in [5, 5.41) is 0. The first-order valence-electron chi connectivity index (χ1n) is 4.20. The van der Waals surface area contributed by atoms with Crippen LogP contribution < -0.4 is 0 Å². The molecule has 0 aromatic heterocycles.